The average molecular weight is 416 g/mol. The van der Waals surface area contributed by atoms with Crippen LogP contribution in [0.25, 0.3) is 0 Å². The van der Waals surface area contributed by atoms with E-state index in [1.54, 1.807) is 77.0 Å². The molecule has 0 aromatic carbocycles. The molecule has 19 heavy (non-hydrogen) atoms. The van der Waals surface area contributed by atoms with Crippen molar-refractivity contribution in [2.75, 3.05) is 0 Å². The van der Waals surface area contributed by atoms with Crippen LogP contribution in [-0.2, 0) is 15.9 Å². The Labute approximate surface area is 136 Å². The Kier molecular flexibility index (Phi) is 8.64. The van der Waals surface area contributed by atoms with Gasteiger partial charge >= 0.3 is 35.0 Å². The first-order valence-electron chi connectivity index (χ1n) is 7.96. The molecule has 0 amide bonds. The van der Waals surface area contributed by atoms with Crippen LogP contribution in [-0.4, -0.2) is 17.0 Å². The van der Waals surface area contributed by atoms with Crippen LogP contribution in [0.5, 0.6) is 0 Å². The van der Waals surface area contributed by atoms with Crippen molar-refractivity contribution in [1.82, 2.24) is 0 Å². The summed E-state index contributed by atoms with van der Waals surface area (Å²) in [6.07, 6.45) is 19.0. The quantitative estimate of drug-likeness (QED) is 0.356. The van der Waals surface area contributed by atoms with Gasteiger partial charge in [0.15, 0.2) is 0 Å². The van der Waals surface area contributed by atoms with Crippen molar-refractivity contribution in [1.29, 1.82) is 0 Å². The van der Waals surface area contributed by atoms with Crippen molar-refractivity contribution in [3.63, 3.8) is 0 Å². The SMILES string of the molecule is C1CCC(P(C2CCCC2)C2CCCC2)C1.[Cl][Pd][Cl]. The van der Waals surface area contributed by atoms with Crippen LogP contribution in [0.4, 0.5) is 0 Å². The molecule has 3 rings (SSSR count). The summed E-state index contributed by atoms with van der Waals surface area (Å²) in [4.78, 5) is 0. The van der Waals surface area contributed by atoms with E-state index in [0.29, 0.717) is 7.92 Å². The van der Waals surface area contributed by atoms with Gasteiger partial charge in [-0.3, -0.25) is 0 Å². The number of hydrogen-bond acceptors (Lipinski definition) is 0. The van der Waals surface area contributed by atoms with Gasteiger partial charge in [-0.1, -0.05) is 46.4 Å². The average Bonchev–Trinajstić information content (AvgIpc) is 3.15. The maximum absolute atomic E-state index is 4.81. The van der Waals surface area contributed by atoms with Gasteiger partial charge in [0.2, 0.25) is 0 Å². The molecule has 3 saturated carbocycles. The third-order valence-corrected chi connectivity index (χ3v) is 9.32. The van der Waals surface area contributed by atoms with Crippen molar-refractivity contribution in [2.24, 2.45) is 0 Å². The molecular formula is C15H27Cl2PPd. The number of halogens is 2. The second-order valence-corrected chi connectivity index (χ2v) is 11.8. The zero-order valence-electron chi connectivity index (χ0n) is 11.7. The summed E-state index contributed by atoms with van der Waals surface area (Å²) in [5, 5.41) is 0. The first-order chi connectivity index (χ1) is 9.36. The zero-order valence-corrected chi connectivity index (χ0v) is 15.7. The van der Waals surface area contributed by atoms with Gasteiger partial charge in [0.25, 0.3) is 0 Å². The van der Waals surface area contributed by atoms with Crippen LogP contribution in [0.15, 0.2) is 0 Å². The molecular weight excluding hydrogens is 388 g/mol. The topological polar surface area (TPSA) is 0 Å². The first kappa shape index (κ1) is 17.0. The Balaban J connectivity index is 0.000000408. The fraction of sp³-hybridized carbons (Fsp3) is 1.00. The summed E-state index contributed by atoms with van der Waals surface area (Å²) in [5.41, 5.74) is 3.63. The molecule has 0 spiro atoms. The molecule has 0 nitrogen and oxygen atoms in total. The van der Waals surface area contributed by atoms with Gasteiger partial charge in [0.1, 0.15) is 0 Å². The molecule has 0 bridgehead atoms. The molecule has 0 atom stereocenters. The van der Waals surface area contributed by atoms with Crippen molar-refractivity contribution >= 4 is 27.0 Å². The molecule has 0 aromatic heterocycles. The Morgan fingerprint density at radius 2 is 0.789 bits per heavy atom. The molecule has 0 saturated heterocycles. The third kappa shape index (κ3) is 5.11. The van der Waals surface area contributed by atoms with E-state index < -0.39 is 0 Å². The van der Waals surface area contributed by atoms with E-state index in [1.165, 1.54) is 17.0 Å². The minimum atomic E-state index is -0.106. The van der Waals surface area contributed by atoms with Crippen LogP contribution in [0.2, 0.25) is 0 Å². The van der Waals surface area contributed by atoms with Gasteiger partial charge in [-0.15, -0.1) is 0 Å². The van der Waals surface area contributed by atoms with Gasteiger partial charge in [0, 0.05) is 0 Å². The van der Waals surface area contributed by atoms with Crippen LogP contribution in [0, 0.1) is 0 Å². The summed E-state index contributed by atoms with van der Waals surface area (Å²) in [6.45, 7) is 0. The molecule has 3 fully saturated rings. The molecule has 0 radical (unpaired) electrons. The molecule has 0 aliphatic heterocycles. The summed E-state index contributed by atoms with van der Waals surface area (Å²) in [5.74, 6) is 0. The van der Waals surface area contributed by atoms with Crippen molar-refractivity contribution < 1.29 is 15.9 Å². The number of rotatable bonds is 3. The molecule has 0 aromatic rings. The summed E-state index contributed by atoms with van der Waals surface area (Å²) in [6, 6.07) is 0. The minimum absolute atomic E-state index is 0.106. The van der Waals surface area contributed by atoms with Crippen LogP contribution in [0.1, 0.15) is 77.0 Å². The predicted molar refractivity (Wildman–Crippen MR) is 85.4 cm³/mol. The van der Waals surface area contributed by atoms with Crippen molar-refractivity contribution in [3.8, 4) is 0 Å². The van der Waals surface area contributed by atoms with Gasteiger partial charge in [-0.25, -0.2) is 0 Å². The molecule has 4 heteroatoms. The molecule has 3 aliphatic rings. The molecule has 0 heterocycles. The Morgan fingerprint density at radius 3 is 1.00 bits per heavy atom. The molecule has 3 aliphatic carbocycles. The third-order valence-electron chi connectivity index (χ3n) is 5.24. The monoisotopic (exact) mass is 414 g/mol. The predicted octanol–water partition coefficient (Wildman–Crippen LogP) is 6.67. The van der Waals surface area contributed by atoms with Crippen LogP contribution in [0.3, 0.4) is 0 Å². The van der Waals surface area contributed by atoms with Crippen molar-refractivity contribution in [3.05, 3.63) is 0 Å². The van der Waals surface area contributed by atoms with Gasteiger partial charge < -0.3 is 0 Å². The Hall–Kier alpha value is 1.67. The van der Waals surface area contributed by atoms with E-state index in [0.717, 1.165) is 0 Å². The molecule has 0 unspecified atom stereocenters. The summed E-state index contributed by atoms with van der Waals surface area (Å²) in [7, 11) is 10.1. The van der Waals surface area contributed by atoms with E-state index in [4.69, 9.17) is 19.1 Å². The van der Waals surface area contributed by atoms with E-state index in [-0.39, 0.29) is 15.9 Å². The van der Waals surface area contributed by atoms with E-state index in [9.17, 15) is 0 Å². The zero-order chi connectivity index (χ0) is 13.5. The summed E-state index contributed by atoms with van der Waals surface area (Å²) < 4.78 is 0. The standard InChI is InChI=1S/C15H27P.2ClH.Pd/c1-2-8-13(7-1)16(14-9-3-4-10-14)15-11-5-6-12-15;;;/h13-15H,1-12H2;2*1H;/q;;;+2/p-2. The van der Waals surface area contributed by atoms with E-state index in [1.807, 2.05) is 0 Å². The van der Waals surface area contributed by atoms with Gasteiger partial charge in [0.05, 0.1) is 0 Å². The Morgan fingerprint density at radius 1 is 0.579 bits per heavy atom. The normalized spacial score (nSPS) is 26.3. The van der Waals surface area contributed by atoms with Crippen molar-refractivity contribution in [2.45, 2.75) is 94.0 Å². The van der Waals surface area contributed by atoms with Crippen LogP contribution >= 0.6 is 27.0 Å². The number of hydrogen-bond donors (Lipinski definition) is 0. The van der Waals surface area contributed by atoms with Crippen LogP contribution < -0.4 is 0 Å². The summed E-state index contributed by atoms with van der Waals surface area (Å²) >= 11 is -0.106. The maximum atomic E-state index is 4.81. The fourth-order valence-electron chi connectivity index (χ4n) is 4.50. The first-order valence-corrected chi connectivity index (χ1v) is 13.5. The second kappa shape index (κ2) is 9.64. The van der Waals surface area contributed by atoms with Gasteiger partial charge in [-0.05, 0) is 55.5 Å². The second-order valence-electron chi connectivity index (χ2n) is 6.31. The molecule has 0 N–H and O–H groups in total. The van der Waals surface area contributed by atoms with E-state index >= 15 is 0 Å². The Bertz CT molecular complexity index is 196. The fourth-order valence-corrected chi connectivity index (χ4v) is 9.17. The molecule has 116 valence electrons. The van der Waals surface area contributed by atoms with Gasteiger partial charge in [-0.2, -0.15) is 0 Å². The van der Waals surface area contributed by atoms with E-state index in [2.05, 4.69) is 0 Å².